The third kappa shape index (κ3) is 7.04. The minimum atomic E-state index is -0.493. The highest BCUT2D eigenvalue weighted by Crippen LogP contribution is 2.63. The molecule has 7 rings (SSSR count). The van der Waals surface area contributed by atoms with Gasteiger partial charge in [-0.25, -0.2) is 9.48 Å². The first-order valence-electron chi connectivity index (χ1n) is 21.1. The second kappa shape index (κ2) is 15.9. The van der Waals surface area contributed by atoms with Crippen molar-refractivity contribution in [1.29, 1.82) is 0 Å². The summed E-state index contributed by atoms with van der Waals surface area (Å²) >= 11 is 0. The first-order valence-corrected chi connectivity index (χ1v) is 21.9. The number of fused-ring (bicyclic) bond motifs is 2. The van der Waals surface area contributed by atoms with Crippen molar-refractivity contribution in [3.63, 3.8) is 0 Å². The van der Waals surface area contributed by atoms with E-state index in [0.717, 1.165) is 58.3 Å². The Morgan fingerprint density at radius 3 is 2.28 bits per heavy atom. The van der Waals surface area contributed by atoms with Crippen LogP contribution >= 0.6 is 0 Å². The number of nitrogens with zero attached hydrogens (tertiary/aromatic N) is 6. The van der Waals surface area contributed by atoms with E-state index in [0.29, 0.717) is 53.0 Å². The maximum atomic E-state index is 13.8. The van der Waals surface area contributed by atoms with Crippen molar-refractivity contribution in [3.8, 4) is 11.4 Å². The van der Waals surface area contributed by atoms with E-state index in [1.165, 1.54) is 0 Å². The number of ether oxygens (including phenoxy) is 1. The van der Waals surface area contributed by atoms with Crippen LogP contribution in [0, 0.1) is 36.0 Å². The number of anilines is 1. The molecule has 1 fully saturated rings. The molecule has 1 aliphatic carbocycles. The molecule has 58 heavy (non-hydrogen) atoms. The second-order valence-electron chi connectivity index (χ2n) is 18.8. The molecule has 2 aliphatic rings. The molecule has 2 unspecified atom stereocenters. The summed E-state index contributed by atoms with van der Waals surface area (Å²) in [7, 11) is 2.87. The zero-order valence-corrected chi connectivity index (χ0v) is 38.6. The maximum Gasteiger partial charge on any atom is 0.320 e. The molecule has 0 bridgehead atoms. The molecule has 0 radical (unpaired) electrons. The Morgan fingerprint density at radius 1 is 0.948 bits per heavy atom. The van der Waals surface area contributed by atoms with E-state index in [1.807, 2.05) is 47.1 Å². The number of rotatable bonds is 11. The third-order valence-corrected chi connectivity index (χ3v) is 13.6. The predicted octanol–water partition coefficient (Wildman–Crippen LogP) is 8.31. The van der Waals surface area contributed by atoms with Crippen molar-refractivity contribution in [2.24, 2.45) is 29.1 Å². The van der Waals surface area contributed by atoms with E-state index in [2.05, 4.69) is 127 Å². The Morgan fingerprint density at radius 2 is 1.64 bits per heavy atom. The van der Waals surface area contributed by atoms with Gasteiger partial charge in [-0.3, -0.25) is 14.6 Å². The number of urea groups is 1. The van der Waals surface area contributed by atoms with Crippen molar-refractivity contribution in [1.82, 2.24) is 34.6 Å². The lowest BCUT2D eigenvalue weighted by atomic mass is 9.51. The highest BCUT2D eigenvalue weighted by atomic mass is 28.2. The van der Waals surface area contributed by atoms with Crippen LogP contribution in [0.3, 0.4) is 0 Å². The van der Waals surface area contributed by atoms with E-state index < -0.39 is 5.54 Å². The second-order valence-corrected chi connectivity index (χ2v) is 19.3. The van der Waals surface area contributed by atoms with Crippen LogP contribution in [0.1, 0.15) is 116 Å². The number of aromatic nitrogens is 5. The van der Waals surface area contributed by atoms with Gasteiger partial charge in [0.25, 0.3) is 0 Å². The molecule has 12 heteroatoms. The molecule has 3 aromatic heterocycles. The summed E-state index contributed by atoms with van der Waals surface area (Å²) < 4.78 is 17.2. The van der Waals surface area contributed by atoms with Gasteiger partial charge in [0, 0.05) is 23.4 Å². The Balaban J connectivity index is 1.16. The fourth-order valence-corrected chi connectivity index (χ4v) is 11.2. The molecular weight excluding hydrogens is 741 g/mol. The topological polar surface area (TPSA) is 111 Å². The molecule has 0 saturated carbocycles. The van der Waals surface area contributed by atoms with Gasteiger partial charge >= 0.3 is 6.03 Å². The lowest BCUT2D eigenvalue weighted by molar-refractivity contribution is -0.0890. The summed E-state index contributed by atoms with van der Waals surface area (Å²) in [4.78, 5) is 16.3. The summed E-state index contributed by atoms with van der Waals surface area (Å²) in [6, 6.07) is 22.0. The summed E-state index contributed by atoms with van der Waals surface area (Å²) in [5.74, 6) is 3.95. The zero-order valence-electron chi connectivity index (χ0n) is 36.6. The van der Waals surface area contributed by atoms with Gasteiger partial charge in [0.15, 0.2) is 11.5 Å². The van der Waals surface area contributed by atoms with Crippen LogP contribution in [0.5, 0.6) is 5.75 Å². The number of carbonyl (C=O) groups excluding carboxylic acids is 1. The van der Waals surface area contributed by atoms with Crippen molar-refractivity contribution in [3.05, 3.63) is 101 Å². The summed E-state index contributed by atoms with van der Waals surface area (Å²) in [6.07, 6.45) is 3.32. The predicted molar refractivity (Wildman–Crippen MR) is 235 cm³/mol. The van der Waals surface area contributed by atoms with Gasteiger partial charge in [-0.05, 0) is 85.9 Å². The minimum absolute atomic E-state index is 0.119. The molecule has 4 heterocycles. The molecule has 5 aromatic rings. The zero-order chi connectivity index (χ0) is 41.7. The van der Waals surface area contributed by atoms with E-state index in [1.54, 1.807) is 0 Å². The summed E-state index contributed by atoms with van der Waals surface area (Å²) in [5.41, 5.74) is 5.05. The smallest absolute Gasteiger partial charge is 0.320 e. The molecule has 2 N–H and O–H groups in total. The monoisotopic (exact) mass is 804 g/mol. The van der Waals surface area contributed by atoms with Crippen LogP contribution in [-0.2, 0) is 15.4 Å². The molecule has 1 saturated heterocycles. The van der Waals surface area contributed by atoms with E-state index >= 15 is 0 Å². The Kier molecular flexibility index (Phi) is 11.4. The average molecular weight is 805 g/mol. The number of nitrogens with one attached hydrogen (secondary N) is 2. The van der Waals surface area contributed by atoms with Crippen molar-refractivity contribution in [2.75, 3.05) is 25.5 Å². The normalized spacial score (nSPS) is 22.3. The number of likely N-dealkylation sites (N-methyl/N-ethyl adjacent to an activating group) is 1. The molecule has 4 atom stereocenters. The highest BCUT2D eigenvalue weighted by molar-refractivity contribution is 5.98. The highest BCUT2D eigenvalue weighted by Gasteiger charge is 2.68. The van der Waals surface area contributed by atoms with E-state index in [9.17, 15) is 4.79 Å². The van der Waals surface area contributed by atoms with E-state index in [-0.39, 0.29) is 29.0 Å². The number of carbonyl (C=O) groups is 1. The quantitative estimate of drug-likeness (QED) is 0.129. The standard InChI is InChI=1S/C46H64N8O3Si/c1-28(2)36-26-52(11)45(27-56-58,46(36,29(3)4)30(5)6)42-50-49-40-23-20-33(25-53(40)42)57-38-22-21-37(34-14-12-13-15-35(34)38)47-43(55)48-41-24-39(44(8,9)10)51-54(41)32-18-16-31(7)17-19-32/h12-20,23-25,28-30,36-38H,21-22,26-27H2,1-11,58H3,(H2,47,48,55)/t36?,37-,38+,45?/m0/s1. The van der Waals surface area contributed by atoms with Crippen LogP contribution in [-0.4, -0.2) is 66.0 Å². The van der Waals surface area contributed by atoms with E-state index in [4.69, 9.17) is 24.5 Å². The fraction of sp³-hybridized carbons (Fsp3) is 0.522. The van der Waals surface area contributed by atoms with Gasteiger partial charge in [0.2, 0.25) is 0 Å². The van der Waals surface area contributed by atoms with Crippen molar-refractivity contribution >= 4 is 28.0 Å². The van der Waals surface area contributed by atoms with Gasteiger partial charge in [0.1, 0.15) is 33.7 Å². The number of hydrogen-bond acceptors (Lipinski definition) is 7. The first kappa shape index (κ1) is 41.6. The molecule has 11 nitrogen and oxygen atoms in total. The summed E-state index contributed by atoms with van der Waals surface area (Å²) in [5, 5.41) is 21.1. The Hall–Kier alpha value is -4.52. The summed E-state index contributed by atoms with van der Waals surface area (Å²) in [6.45, 7) is 24.2. The molecule has 2 amide bonds. The lowest BCUT2D eigenvalue weighted by Gasteiger charge is -2.55. The SMILES string of the molecule is Cc1ccc(-n2nc(C(C)(C)C)cc2NC(=O)N[C@H]2CC[C@@H](Oc3ccc4nnc(C5(CO[SiH3])N(C)CC(C(C)C)C5(C(C)C)C(C)C)n4c3)c3ccccc32)cc1. The van der Waals surface area contributed by atoms with Gasteiger partial charge in [-0.15, -0.1) is 10.2 Å². The third-order valence-electron chi connectivity index (χ3n) is 13.3. The molecule has 2 aromatic carbocycles. The van der Waals surface area contributed by atoms with Gasteiger partial charge in [-0.1, -0.05) is 104 Å². The Bertz CT molecular complexity index is 2230. The van der Waals surface area contributed by atoms with Gasteiger partial charge in [-0.2, -0.15) is 5.10 Å². The number of likely N-dealkylation sites (tertiary alicyclic amines) is 1. The maximum absolute atomic E-state index is 13.8. The molecule has 1 aliphatic heterocycles. The largest absolute Gasteiger partial charge is 0.484 e. The number of amides is 2. The molecule has 0 spiro atoms. The van der Waals surface area contributed by atoms with Crippen LogP contribution in [0.15, 0.2) is 72.9 Å². The van der Waals surface area contributed by atoms with Crippen molar-refractivity contribution < 1.29 is 14.0 Å². The minimum Gasteiger partial charge on any atom is -0.484 e. The van der Waals surface area contributed by atoms with Crippen LogP contribution in [0.25, 0.3) is 11.3 Å². The van der Waals surface area contributed by atoms with Crippen molar-refractivity contribution in [2.45, 2.75) is 105 Å². The number of hydrogen-bond donors (Lipinski definition) is 2. The molecular formula is C46H64N8O3Si. The van der Waals surface area contributed by atoms with Crippen LogP contribution in [0.4, 0.5) is 10.6 Å². The number of pyridine rings is 1. The lowest BCUT2D eigenvalue weighted by Crippen LogP contribution is -2.60. The van der Waals surface area contributed by atoms with Gasteiger partial charge in [0.05, 0.1) is 30.2 Å². The number of aryl methyl sites for hydroxylation is 1. The number of benzene rings is 2. The Labute approximate surface area is 347 Å². The van der Waals surface area contributed by atoms with Gasteiger partial charge < -0.3 is 14.5 Å². The molecule has 310 valence electrons. The van der Waals surface area contributed by atoms with Crippen LogP contribution in [0.2, 0.25) is 0 Å². The van der Waals surface area contributed by atoms with Crippen LogP contribution < -0.4 is 15.4 Å². The fourth-order valence-electron chi connectivity index (χ4n) is 10.8. The average Bonchev–Trinajstić information content (AvgIpc) is 3.86. The first-order chi connectivity index (χ1) is 27.5.